The Kier molecular flexibility index (Phi) is 6.18. The van der Waals surface area contributed by atoms with Gasteiger partial charge in [0.1, 0.15) is 0 Å². The number of amides is 2. The van der Waals surface area contributed by atoms with Gasteiger partial charge in [0.2, 0.25) is 0 Å². The van der Waals surface area contributed by atoms with E-state index >= 15 is 0 Å². The van der Waals surface area contributed by atoms with E-state index in [1.54, 1.807) is 0 Å². The first-order valence-corrected chi connectivity index (χ1v) is 8.53. The molecule has 2 fully saturated rings. The second kappa shape index (κ2) is 7.73. The Morgan fingerprint density at radius 3 is 2.70 bits per heavy atom. The summed E-state index contributed by atoms with van der Waals surface area (Å²) in [4.78, 5) is 14.0. The molecule has 3 rings (SSSR count). The molecule has 6 heteroatoms. The number of nitrogens with two attached hydrogens (primary N) is 1. The van der Waals surface area contributed by atoms with Crippen LogP contribution in [0.4, 0.5) is 4.79 Å². The maximum absolute atomic E-state index is 12.0. The van der Waals surface area contributed by atoms with Crippen molar-refractivity contribution < 1.29 is 4.79 Å². The maximum Gasteiger partial charge on any atom is 0.317 e. The lowest BCUT2D eigenvalue weighted by Gasteiger charge is -2.44. The summed E-state index contributed by atoms with van der Waals surface area (Å²) in [6.07, 6.45) is 5.09. The van der Waals surface area contributed by atoms with Crippen molar-refractivity contribution in [2.75, 3.05) is 19.6 Å². The van der Waals surface area contributed by atoms with Crippen LogP contribution in [0.1, 0.15) is 37.7 Å². The summed E-state index contributed by atoms with van der Waals surface area (Å²) in [5.74, 6) is 0. The molecule has 2 aliphatic rings. The lowest BCUT2D eigenvalue weighted by molar-refractivity contribution is 0.124. The van der Waals surface area contributed by atoms with Crippen LogP contribution in [-0.4, -0.2) is 36.6 Å². The molecule has 1 aliphatic heterocycles. The SMILES string of the molecule is Cl.NCC1(c2cccc(Cl)c2)CCC(N2CCCNC2=O)CC1. The number of carbonyl (C=O) groups excluding carboxylic acids is 1. The normalized spacial score (nSPS) is 28.0. The molecular weight excluding hydrogens is 333 g/mol. The molecule has 0 aromatic heterocycles. The number of urea groups is 1. The van der Waals surface area contributed by atoms with Gasteiger partial charge in [-0.3, -0.25) is 0 Å². The zero-order valence-electron chi connectivity index (χ0n) is 13.3. The number of hydrogen-bond donors (Lipinski definition) is 2. The minimum absolute atomic E-state index is 0. The number of rotatable bonds is 3. The highest BCUT2D eigenvalue weighted by Crippen LogP contribution is 2.41. The molecule has 0 atom stereocenters. The van der Waals surface area contributed by atoms with Gasteiger partial charge in [-0.05, 0) is 49.8 Å². The van der Waals surface area contributed by atoms with Crippen molar-refractivity contribution >= 4 is 30.0 Å². The first kappa shape index (κ1) is 18.4. The predicted octanol–water partition coefficient (Wildman–Crippen LogP) is 3.32. The van der Waals surface area contributed by atoms with Crippen molar-refractivity contribution in [3.63, 3.8) is 0 Å². The average molecular weight is 358 g/mol. The lowest BCUT2D eigenvalue weighted by Crippen LogP contribution is -2.53. The molecule has 128 valence electrons. The second-order valence-corrected chi connectivity index (χ2v) is 6.94. The van der Waals surface area contributed by atoms with Crippen molar-refractivity contribution in [3.05, 3.63) is 34.9 Å². The Morgan fingerprint density at radius 1 is 1.35 bits per heavy atom. The summed E-state index contributed by atoms with van der Waals surface area (Å²) in [5, 5.41) is 3.71. The van der Waals surface area contributed by atoms with Crippen LogP contribution in [0.25, 0.3) is 0 Å². The lowest BCUT2D eigenvalue weighted by atomic mass is 9.68. The first-order valence-electron chi connectivity index (χ1n) is 8.15. The van der Waals surface area contributed by atoms with Crippen LogP contribution in [0.3, 0.4) is 0 Å². The number of benzene rings is 1. The summed E-state index contributed by atoms with van der Waals surface area (Å²) < 4.78 is 0. The standard InChI is InChI=1S/C17H24ClN3O.ClH/c18-14-4-1-3-13(11-14)17(12-19)7-5-15(6-8-17)21-10-2-9-20-16(21)22;/h1,3-4,11,15H,2,5-10,12,19H2,(H,20,22);1H. The largest absolute Gasteiger partial charge is 0.338 e. The third-order valence-corrected chi connectivity index (χ3v) is 5.53. The van der Waals surface area contributed by atoms with Gasteiger partial charge in [0.15, 0.2) is 0 Å². The highest BCUT2D eigenvalue weighted by Gasteiger charge is 2.38. The van der Waals surface area contributed by atoms with Gasteiger partial charge in [-0.15, -0.1) is 12.4 Å². The van der Waals surface area contributed by atoms with E-state index in [2.05, 4.69) is 11.4 Å². The average Bonchev–Trinajstić information content (AvgIpc) is 2.55. The number of nitrogens with zero attached hydrogens (tertiary/aromatic N) is 1. The molecule has 0 unspecified atom stereocenters. The Balaban J connectivity index is 0.00000192. The Bertz CT molecular complexity index is 544. The van der Waals surface area contributed by atoms with E-state index in [1.165, 1.54) is 5.56 Å². The topological polar surface area (TPSA) is 58.4 Å². The Labute approximate surface area is 149 Å². The van der Waals surface area contributed by atoms with Gasteiger partial charge in [0.25, 0.3) is 0 Å². The molecular formula is C17H25Cl2N3O. The zero-order chi connectivity index (χ0) is 15.6. The fourth-order valence-electron chi connectivity index (χ4n) is 3.89. The van der Waals surface area contributed by atoms with Crippen LogP contribution in [0, 0.1) is 0 Å². The van der Waals surface area contributed by atoms with Gasteiger partial charge in [-0.25, -0.2) is 4.79 Å². The number of nitrogens with one attached hydrogen (secondary N) is 1. The number of halogens is 2. The highest BCUT2D eigenvalue weighted by molar-refractivity contribution is 6.30. The van der Waals surface area contributed by atoms with E-state index in [0.717, 1.165) is 50.2 Å². The molecule has 1 aromatic rings. The van der Waals surface area contributed by atoms with Crippen LogP contribution in [-0.2, 0) is 5.41 Å². The van der Waals surface area contributed by atoms with E-state index in [0.29, 0.717) is 12.6 Å². The van der Waals surface area contributed by atoms with Crippen LogP contribution in [0.15, 0.2) is 24.3 Å². The Hall–Kier alpha value is -0.970. The van der Waals surface area contributed by atoms with Crippen molar-refractivity contribution in [2.45, 2.75) is 43.6 Å². The van der Waals surface area contributed by atoms with Crippen LogP contribution < -0.4 is 11.1 Å². The van der Waals surface area contributed by atoms with E-state index < -0.39 is 0 Å². The molecule has 1 saturated heterocycles. The van der Waals surface area contributed by atoms with E-state index in [-0.39, 0.29) is 23.9 Å². The van der Waals surface area contributed by atoms with Gasteiger partial charge in [0, 0.05) is 36.1 Å². The summed E-state index contributed by atoms with van der Waals surface area (Å²) in [7, 11) is 0. The number of hydrogen-bond acceptors (Lipinski definition) is 2. The molecule has 2 amide bonds. The molecule has 4 nitrogen and oxygen atoms in total. The Morgan fingerprint density at radius 2 is 2.09 bits per heavy atom. The van der Waals surface area contributed by atoms with Gasteiger partial charge in [-0.2, -0.15) is 0 Å². The van der Waals surface area contributed by atoms with Crippen LogP contribution >= 0.6 is 24.0 Å². The second-order valence-electron chi connectivity index (χ2n) is 6.50. The van der Waals surface area contributed by atoms with Gasteiger partial charge in [0.05, 0.1) is 0 Å². The fourth-order valence-corrected chi connectivity index (χ4v) is 4.08. The summed E-state index contributed by atoms with van der Waals surface area (Å²) >= 11 is 6.15. The number of carbonyl (C=O) groups is 1. The monoisotopic (exact) mass is 357 g/mol. The van der Waals surface area contributed by atoms with Gasteiger partial charge >= 0.3 is 6.03 Å². The molecule has 0 radical (unpaired) electrons. The molecule has 1 saturated carbocycles. The van der Waals surface area contributed by atoms with Crippen molar-refractivity contribution in [2.24, 2.45) is 5.73 Å². The van der Waals surface area contributed by atoms with Crippen LogP contribution in [0.2, 0.25) is 5.02 Å². The minimum atomic E-state index is 0. The molecule has 1 aromatic carbocycles. The van der Waals surface area contributed by atoms with Crippen molar-refractivity contribution in [3.8, 4) is 0 Å². The molecule has 1 aliphatic carbocycles. The van der Waals surface area contributed by atoms with E-state index in [9.17, 15) is 4.79 Å². The van der Waals surface area contributed by atoms with Gasteiger partial charge in [-0.1, -0.05) is 23.7 Å². The third kappa shape index (κ3) is 3.76. The van der Waals surface area contributed by atoms with E-state index in [4.69, 9.17) is 17.3 Å². The fraction of sp³-hybridized carbons (Fsp3) is 0.588. The zero-order valence-corrected chi connectivity index (χ0v) is 14.8. The predicted molar refractivity (Wildman–Crippen MR) is 96.4 cm³/mol. The van der Waals surface area contributed by atoms with Crippen LogP contribution in [0.5, 0.6) is 0 Å². The third-order valence-electron chi connectivity index (χ3n) is 5.29. The quantitative estimate of drug-likeness (QED) is 0.871. The molecule has 23 heavy (non-hydrogen) atoms. The maximum atomic E-state index is 12.0. The molecule has 1 heterocycles. The summed E-state index contributed by atoms with van der Waals surface area (Å²) in [6, 6.07) is 8.52. The van der Waals surface area contributed by atoms with Crippen molar-refractivity contribution in [1.29, 1.82) is 0 Å². The van der Waals surface area contributed by atoms with E-state index in [1.807, 2.05) is 23.1 Å². The summed E-state index contributed by atoms with van der Waals surface area (Å²) in [6.45, 7) is 2.31. The first-order chi connectivity index (χ1) is 10.6. The molecule has 0 bridgehead atoms. The van der Waals surface area contributed by atoms with Gasteiger partial charge < -0.3 is 16.0 Å². The smallest absolute Gasteiger partial charge is 0.317 e. The molecule has 3 N–H and O–H groups in total. The van der Waals surface area contributed by atoms with Crippen molar-refractivity contribution in [1.82, 2.24) is 10.2 Å². The molecule has 0 spiro atoms. The minimum Gasteiger partial charge on any atom is -0.338 e. The summed E-state index contributed by atoms with van der Waals surface area (Å²) in [5.41, 5.74) is 7.38. The highest BCUT2D eigenvalue weighted by atomic mass is 35.5.